The fraction of sp³-hybridized carbons (Fsp3) is 0.324. The summed E-state index contributed by atoms with van der Waals surface area (Å²) in [6.45, 7) is 4.88. The molecule has 0 unspecified atom stereocenters. The van der Waals surface area contributed by atoms with Gasteiger partial charge in [-0.05, 0) is 80.9 Å². The number of hydrogen-bond donors (Lipinski definition) is 2. The number of anilines is 2. The van der Waals surface area contributed by atoms with E-state index in [-0.39, 0.29) is 11.8 Å². The molecule has 230 valence electrons. The molecule has 5 rings (SSSR count). The molecule has 44 heavy (non-hydrogen) atoms. The Morgan fingerprint density at radius 2 is 1.59 bits per heavy atom. The third kappa shape index (κ3) is 7.10. The first-order chi connectivity index (χ1) is 21.3. The van der Waals surface area contributed by atoms with Gasteiger partial charge in [0.15, 0.2) is 11.5 Å². The fourth-order valence-electron chi connectivity index (χ4n) is 4.96. The minimum atomic E-state index is -1.09. The lowest BCUT2D eigenvalue weighted by Gasteiger charge is -2.18. The number of nitrogens with zero attached hydrogens (tertiary/aromatic N) is 2. The maximum atomic E-state index is 13.3. The minimum absolute atomic E-state index is 0.298. The number of carbonyl (C=O) groups excluding carboxylic acids is 2. The van der Waals surface area contributed by atoms with Crippen LogP contribution in [0.25, 0.3) is 10.9 Å². The van der Waals surface area contributed by atoms with Crippen LogP contribution in [0.15, 0.2) is 72.9 Å². The molecule has 1 aliphatic carbocycles. The first-order valence-electron chi connectivity index (χ1n) is 14.6. The van der Waals surface area contributed by atoms with Crippen molar-refractivity contribution >= 4 is 34.1 Å². The summed E-state index contributed by atoms with van der Waals surface area (Å²) in [5.74, 6) is 1.71. The van der Waals surface area contributed by atoms with Crippen LogP contribution in [0, 0.1) is 5.41 Å². The van der Waals surface area contributed by atoms with E-state index in [1.165, 1.54) is 0 Å². The van der Waals surface area contributed by atoms with Crippen molar-refractivity contribution in [1.29, 1.82) is 0 Å². The second kappa shape index (κ2) is 13.7. The van der Waals surface area contributed by atoms with Crippen LogP contribution in [0.4, 0.5) is 11.4 Å². The van der Waals surface area contributed by atoms with Crippen LogP contribution < -0.4 is 24.8 Å². The summed E-state index contributed by atoms with van der Waals surface area (Å²) in [4.78, 5) is 33.1. The van der Waals surface area contributed by atoms with Gasteiger partial charge in [-0.3, -0.25) is 19.5 Å². The first kappa shape index (κ1) is 30.8. The number of aromatic nitrogens is 1. The summed E-state index contributed by atoms with van der Waals surface area (Å²) in [7, 11) is 5.18. The van der Waals surface area contributed by atoms with E-state index >= 15 is 0 Å². The maximum Gasteiger partial charge on any atom is 0.240 e. The second-order valence-electron chi connectivity index (χ2n) is 10.8. The van der Waals surface area contributed by atoms with Crippen molar-refractivity contribution in [3.63, 3.8) is 0 Å². The summed E-state index contributed by atoms with van der Waals surface area (Å²) in [5, 5.41) is 6.63. The van der Waals surface area contributed by atoms with Crippen molar-refractivity contribution < 1.29 is 28.5 Å². The Morgan fingerprint density at radius 3 is 2.27 bits per heavy atom. The van der Waals surface area contributed by atoms with Crippen molar-refractivity contribution in [1.82, 2.24) is 9.88 Å². The largest absolute Gasteiger partial charge is 0.493 e. The fourth-order valence-corrected chi connectivity index (χ4v) is 4.96. The van der Waals surface area contributed by atoms with Crippen LogP contribution in [-0.2, 0) is 20.9 Å². The summed E-state index contributed by atoms with van der Waals surface area (Å²) in [6, 6.07) is 20.1. The van der Waals surface area contributed by atoms with Gasteiger partial charge in [0, 0.05) is 48.7 Å². The van der Waals surface area contributed by atoms with Gasteiger partial charge in [-0.1, -0.05) is 12.1 Å². The van der Waals surface area contributed by atoms with Gasteiger partial charge < -0.3 is 29.6 Å². The Labute approximate surface area is 257 Å². The molecule has 1 fully saturated rings. The van der Waals surface area contributed by atoms with E-state index in [4.69, 9.17) is 18.9 Å². The number of methoxy groups -OCH3 is 2. The van der Waals surface area contributed by atoms with Gasteiger partial charge in [-0.2, -0.15) is 0 Å². The van der Waals surface area contributed by atoms with Crippen molar-refractivity contribution in [2.75, 3.05) is 51.7 Å². The second-order valence-corrected chi connectivity index (χ2v) is 10.8. The zero-order valence-corrected chi connectivity index (χ0v) is 25.5. The molecule has 1 aromatic heterocycles. The van der Waals surface area contributed by atoms with Crippen LogP contribution in [0.5, 0.6) is 23.0 Å². The van der Waals surface area contributed by atoms with E-state index in [1.54, 1.807) is 56.8 Å². The molecular formula is C34H38N4O6. The molecule has 0 atom stereocenters. The van der Waals surface area contributed by atoms with Crippen LogP contribution >= 0.6 is 0 Å². The molecule has 0 aliphatic heterocycles. The summed E-state index contributed by atoms with van der Waals surface area (Å²) in [5.41, 5.74) is 1.93. The van der Waals surface area contributed by atoms with E-state index in [0.29, 0.717) is 65.9 Å². The van der Waals surface area contributed by atoms with Crippen molar-refractivity contribution in [3.8, 4) is 23.0 Å². The summed E-state index contributed by atoms with van der Waals surface area (Å²) in [6.07, 6.45) is 2.65. The number of ether oxygens (including phenoxy) is 4. The smallest absolute Gasteiger partial charge is 0.240 e. The highest BCUT2D eigenvalue weighted by Gasteiger charge is 2.56. The number of rotatable bonds is 14. The van der Waals surface area contributed by atoms with E-state index < -0.39 is 5.41 Å². The van der Waals surface area contributed by atoms with Gasteiger partial charge in [0.25, 0.3) is 0 Å². The number of hydrogen-bond acceptors (Lipinski definition) is 8. The van der Waals surface area contributed by atoms with Crippen LogP contribution in [-0.4, -0.2) is 62.7 Å². The van der Waals surface area contributed by atoms with Crippen molar-refractivity contribution in [2.45, 2.75) is 26.3 Å². The molecule has 3 aromatic carbocycles. The third-order valence-electron chi connectivity index (χ3n) is 7.62. The molecule has 0 saturated heterocycles. The number of fused-ring (bicyclic) bond motifs is 1. The number of nitrogens with one attached hydrogen (secondary N) is 2. The Hall–Kier alpha value is -4.67. The number of amides is 2. The predicted molar refractivity (Wildman–Crippen MR) is 170 cm³/mol. The molecule has 0 radical (unpaired) electrons. The van der Waals surface area contributed by atoms with E-state index in [2.05, 4.69) is 20.5 Å². The monoisotopic (exact) mass is 598 g/mol. The average Bonchev–Trinajstić information content (AvgIpc) is 3.84. The molecule has 4 aromatic rings. The van der Waals surface area contributed by atoms with Gasteiger partial charge in [0.05, 0.1) is 26.3 Å². The van der Waals surface area contributed by atoms with E-state index in [0.717, 1.165) is 24.0 Å². The van der Waals surface area contributed by atoms with E-state index in [9.17, 15) is 9.59 Å². The molecule has 2 amide bonds. The lowest BCUT2D eigenvalue weighted by atomic mass is 10.0. The zero-order chi connectivity index (χ0) is 31.1. The molecule has 1 aliphatic rings. The van der Waals surface area contributed by atoms with Crippen LogP contribution in [0.1, 0.15) is 25.3 Å². The third-order valence-corrected chi connectivity index (χ3v) is 7.62. The molecule has 2 N–H and O–H groups in total. The molecule has 1 heterocycles. The number of pyridine rings is 1. The lowest BCUT2D eigenvalue weighted by molar-refractivity contribution is -0.131. The predicted octanol–water partition coefficient (Wildman–Crippen LogP) is 5.87. The van der Waals surface area contributed by atoms with Crippen LogP contribution in [0.2, 0.25) is 0 Å². The number of likely N-dealkylation sites (N-methyl/N-ethyl adjacent to an activating group) is 1. The van der Waals surface area contributed by atoms with Gasteiger partial charge in [0.2, 0.25) is 11.8 Å². The molecule has 1 saturated carbocycles. The molecule has 0 bridgehead atoms. The topological polar surface area (TPSA) is 111 Å². The van der Waals surface area contributed by atoms with Gasteiger partial charge in [0.1, 0.15) is 16.9 Å². The zero-order valence-electron chi connectivity index (χ0n) is 25.5. The number of carbonyl (C=O) groups is 2. The highest BCUT2D eigenvalue weighted by atomic mass is 16.5. The van der Waals surface area contributed by atoms with Crippen molar-refractivity contribution in [2.24, 2.45) is 5.41 Å². The quantitative estimate of drug-likeness (QED) is 0.137. The Balaban J connectivity index is 1.20. The molecule has 0 spiro atoms. The highest BCUT2D eigenvalue weighted by molar-refractivity contribution is 6.16. The first-order valence-corrected chi connectivity index (χ1v) is 14.6. The Kier molecular flexibility index (Phi) is 9.62. The average molecular weight is 599 g/mol. The lowest BCUT2D eigenvalue weighted by Crippen LogP contribution is -2.35. The highest BCUT2D eigenvalue weighted by Crippen LogP contribution is 2.47. The van der Waals surface area contributed by atoms with Gasteiger partial charge >= 0.3 is 0 Å². The van der Waals surface area contributed by atoms with Crippen LogP contribution in [0.3, 0.4) is 0 Å². The van der Waals surface area contributed by atoms with Gasteiger partial charge in [-0.25, -0.2) is 0 Å². The SMILES string of the molecule is CCOCCN(C)Cc1cccc(NC(=O)C2(C(=O)Nc3ccc(Oc4ccnc5cc(OC)c(OC)cc45)cc3)CC2)c1. The normalized spacial score (nSPS) is 13.4. The molecule has 10 nitrogen and oxygen atoms in total. The molecule has 10 heteroatoms. The maximum absolute atomic E-state index is 13.3. The minimum Gasteiger partial charge on any atom is -0.493 e. The van der Waals surface area contributed by atoms with E-state index in [1.807, 2.05) is 44.3 Å². The van der Waals surface area contributed by atoms with Gasteiger partial charge in [-0.15, -0.1) is 0 Å². The Bertz CT molecular complexity index is 1620. The standard InChI is InChI=1S/C34H38N4O6/c1-5-43-18-17-38(2)22-23-7-6-8-25(19-23)37-33(40)34(14-15-34)32(39)36-24-9-11-26(12-10-24)44-29-13-16-35-28-21-31(42-4)30(41-3)20-27(28)29/h6-13,16,19-21H,5,14-15,17-18,22H2,1-4H3,(H,36,39)(H,37,40). The summed E-state index contributed by atoms with van der Waals surface area (Å²) >= 11 is 0. The molecular weight excluding hydrogens is 560 g/mol. The summed E-state index contributed by atoms with van der Waals surface area (Å²) < 4.78 is 22.4. The number of benzene rings is 3. The van der Waals surface area contributed by atoms with Crippen molar-refractivity contribution in [3.05, 3.63) is 78.5 Å². The Morgan fingerprint density at radius 1 is 0.886 bits per heavy atom.